The summed E-state index contributed by atoms with van der Waals surface area (Å²) in [6, 6.07) is 0.892. The maximum atomic E-state index is 12.5. The predicted octanol–water partition coefficient (Wildman–Crippen LogP) is 2.93. The zero-order valence-electron chi connectivity index (χ0n) is 9.97. The molecule has 0 saturated heterocycles. The van der Waals surface area contributed by atoms with Gasteiger partial charge in [-0.15, -0.1) is 0 Å². The number of pyridine rings is 1. The van der Waals surface area contributed by atoms with E-state index in [0.717, 1.165) is 18.7 Å². The number of nitrogens with zero attached hydrogens (tertiary/aromatic N) is 2. The minimum absolute atomic E-state index is 0.00766. The Bertz CT molecular complexity index is 390. The SMILES string of the molecule is CCCN(CCN)c1ncc(C(F)(F)F)cc1Cl. The summed E-state index contributed by atoms with van der Waals surface area (Å²) in [4.78, 5) is 5.58. The number of anilines is 1. The summed E-state index contributed by atoms with van der Waals surface area (Å²) in [6.45, 7) is 3.50. The van der Waals surface area contributed by atoms with E-state index >= 15 is 0 Å². The minimum atomic E-state index is -4.43. The second-order valence-electron chi connectivity index (χ2n) is 3.80. The fourth-order valence-corrected chi connectivity index (χ4v) is 1.85. The number of alkyl halides is 3. The van der Waals surface area contributed by atoms with Crippen LogP contribution in [0.25, 0.3) is 0 Å². The van der Waals surface area contributed by atoms with Crippen molar-refractivity contribution in [3.8, 4) is 0 Å². The van der Waals surface area contributed by atoms with Crippen LogP contribution in [0, 0.1) is 0 Å². The van der Waals surface area contributed by atoms with Crippen LogP contribution in [0.1, 0.15) is 18.9 Å². The van der Waals surface area contributed by atoms with Gasteiger partial charge in [-0.3, -0.25) is 0 Å². The summed E-state index contributed by atoms with van der Waals surface area (Å²) in [5.41, 5.74) is 4.61. The molecule has 0 amide bonds. The fraction of sp³-hybridized carbons (Fsp3) is 0.545. The smallest absolute Gasteiger partial charge is 0.354 e. The third-order valence-electron chi connectivity index (χ3n) is 2.34. The third-order valence-corrected chi connectivity index (χ3v) is 2.62. The van der Waals surface area contributed by atoms with Crippen molar-refractivity contribution in [2.75, 3.05) is 24.5 Å². The van der Waals surface area contributed by atoms with Gasteiger partial charge in [-0.25, -0.2) is 4.98 Å². The molecule has 0 unspecified atom stereocenters. The molecule has 0 aromatic carbocycles. The number of rotatable bonds is 5. The molecule has 0 saturated carbocycles. The Kier molecular flexibility index (Phi) is 5.22. The van der Waals surface area contributed by atoms with Crippen molar-refractivity contribution in [3.05, 3.63) is 22.8 Å². The molecule has 0 aliphatic rings. The highest BCUT2D eigenvalue weighted by atomic mass is 35.5. The monoisotopic (exact) mass is 281 g/mol. The summed E-state index contributed by atoms with van der Waals surface area (Å²) >= 11 is 5.86. The van der Waals surface area contributed by atoms with Crippen molar-refractivity contribution >= 4 is 17.4 Å². The molecule has 0 bridgehead atoms. The molecule has 0 atom stereocenters. The normalized spacial score (nSPS) is 11.7. The van der Waals surface area contributed by atoms with Crippen LogP contribution in [0.5, 0.6) is 0 Å². The Morgan fingerprint density at radius 3 is 2.50 bits per heavy atom. The van der Waals surface area contributed by atoms with Gasteiger partial charge in [-0.1, -0.05) is 18.5 Å². The van der Waals surface area contributed by atoms with Crippen molar-refractivity contribution in [2.45, 2.75) is 19.5 Å². The van der Waals surface area contributed by atoms with Gasteiger partial charge in [0.1, 0.15) is 5.82 Å². The molecule has 1 aromatic heterocycles. The molecule has 1 rings (SSSR count). The highest BCUT2D eigenvalue weighted by molar-refractivity contribution is 6.33. The van der Waals surface area contributed by atoms with E-state index in [1.165, 1.54) is 0 Å². The van der Waals surface area contributed by atoms with Crippen LogP contribution in [-0.4, -0.2) is 24.6 Å². The first-order valence-electron chi connectivity index (χ1n) is 5.58. The molecule has 0 spiro atoms. The standard InChI is InChI=1S/C11H15ClF3N3/c1-2-4-18(5-3-16)10-9(12)6-8(7-17-10)11(13,14)15/h6-7H,2-5,16H2,1H3. The van der Waals surface area contributed by atoms with Gasteiger partial charge in [0, 0.05) is 25.8 Å². The Morgan fingerprint density at radius 2 is 2.06 bits per heavy atom. The lowest BCUT2D eigenvalue weighted by Crippen LogP contribution is -2.31. The Morgan fingerprint density at radius 1 is 1.39 bits per heavy atom. The molecule has 102 valence electrons. The summed E-state index contributed by atoms with van der Waals surface area (Å²) in [7, 11) is 0. The molecule has 0 aliphatic heterocycles. The van der Waals surface area contributed by atoms with Gasteiger partial charge < -0.3 is 10.6 Å². The lowest BCUT2D eigenvalue weighted by atomic mass is 10.2. The number of aromatic nitrogens is 1. The first kappa shape index (κ1) is 15.0. The van der Waals surface area contributed by atoms with Gasteiger partial charge in [-0.2, -0.15) is 13.2 Å². The van der Waals surface area contributed by atoms with E-state index in [4.69, 9.17) is 17.3 Å². The highest BCUT2D eigenvalue weighted by Crippen LogP contribution is 2.33. The number of hydrogen-bond acceptors (Lipinski definition) is 3. The Balaban J connectivity index is 3.03. The quantitative estimate of drug-likeness (QED) is 0.902. The van der Waals surface area contributed by atoms with E-state index < -0.39 is 11.7 Å². The van der Waals surface area contributed by atoms with Crippen molar-refractivity contribution in [1.29, 1.82) is 0 Å². The van der Waals surface area contributed by atoms with Crippen molar-refractivity contribution in [3.63, 3.8) is 0 Å². The summed E-state index contributed by atoms with van der Waals surface area (Å²) < 4.78 is 37.4. The molecule has 2 N–H and O–H groups in total. The number of nitrogens with two attached hydrogens (primary N) is 1. The zero-order valence-corrected chi connectivity index (χ0v) is 10.7. The average molecular weight is 282 g/mol. The van der Waals surface area contributed by atoms with Crippen molar-refractivity contribution < 1.29 is 13.2 Å². The van der Waals surface area contributed by atoms with Crippen LogP contribution < -0.4 is 10.6 Å². The van der Waals surface area contributed by atoms with Crippen LogP contribution in [0.15, 0.2) is 12.3 Å². The fourth-order valence-electron chi connectivity index (χ4n) is 1.57. The summed E-state index contributed by atoms with van der Waals surface area (Å²) in [5.74, 6) is 0.344. The van der Waals surface area contributed by atoms with Crippen LogP contribution in [0.3, 0.4) is 0 Å². The average Bonchev–Trinajstić information content (AvgIpc) is 2.27. The lowest BCUT2D eigenvalue weighted by Gasteiger charge is -2.23. The molecule has 3 nitrogen and oxygen atoms in total. The second-order valence-corrected chi connectivity index (χ2v) is 4.21. The number of halogens is 4. The van der Waals surface area contributed by atoms with Crippen LogP contribution in [-0.2, 0) is 6.18 Å². The zero-order chi connectivity index (χ0) is 13.8. The molecule has 1 aromatic rings. The minimum Gasteiger partial charge on any atom is -0.354 e. The van der Waals surface area contributed by atoms with Gasteiger partial charge in [-0.05, 0) is 12.5 Å². The summed E-state index contributed by atoms with van der Waals surface area (Å²) in [6.07, 6.45) is -2.81. The van der Waals surface area contributed by atoms with Gasteiger partial charge in [0.15, 0.2) is 0 Å². The van der Waals surface area contributed by atoms with Crippen molar-refractivity contribution in [1.82, 2.24) is 4.98 Å². The molecule has 0 aliphatic carbocycles. The molecular formula is C11H15ClF3N3. The Labute approximate surface area is 109 Å². The maximum Gasteiger partial charge on any atom is 0.417 e. The number of hydrogen-bond donors (Lipinski definition) is 1. The largest absolute Gasteiger partial charge is 0.417 e. The van der Waals surface area contributed by atoms with E-state index in [0.29, 0.717) is 25.5 Å². The molecule has 0 radical (unpaired) electrons. The second kappa shape index (κ2) is 6.24. The highest BCUT2D eigenvalue weighted by Gasteiger charge is 2.31. The first-order valence-corrected chi connectivity index (χ1v) is 5.95. The van der Waals surface area contributed by atoms with E-state index in [1.807, 2.05) is 6.92 Å². The van der Waals surface area contributed by atoms with Gasteiger partial charge in [0.25, 0.3) is 0 Å². The maximum absolute atomic E-state index is 12.5. The Hall–Kier alpha value is -1.01. The van der Waals surface area contributed by atoms with E-state index in [9.17, 15) is 13.2 Å². The van der Waals surface area contributed by atoms with E-state index in [-0.39, 0.29) is 5.02 Å². The molecular weight excluding hydrogens is 267 g/mol. The van der Waals surface area contributed by atoms with Gasteiger partial charge in [0.05, 0.1) is 10.6 Å². The van der Waals surface area contributed by atoms with Crippen LogP contribution in [0.4, 0.5) is 19.0 Å². The molecule has 7 heteroatoms. The third kappa shape index (κ3) is 3.74. The molecule has 18 heavy (non-hydrogen) atoms. The lowest BCUT2D eigenvalue weighted by molar-refractivity contribution is -0.137. The van der Waals surface area contributed by atoms with Gasteiger partial charge in [0.2, 0.25) is 0 Å². The topological polar surface area (TPSA) is 42.1 Å². The van der Waals surface area contributed by atoms with E-state index in [2.05, 4.69) is 4.98 Å². The van der Waals surface area contributed by atoms with Gasteiger partial charge >= 0.3 is 6.18 Å². The first-order chi connectivity index (χ1) is 8.40. The molecule has 1 heterocycles. The molecule has 0 fully saturated rings. The van der Waals surface area contributed by atoms with Crippen molar-refractivity contribution in [2.24, 2.45) is 5.73 Å². The predicted molar refractivity (Wildman–Crippen MR) is 65.8 cm³/mol. The summed E-state index contributed by atoms with van der Waals surface area (Å²) in [5, 5.41) is -0.00766. The van der Waals surface area contributed by atoms with E-state index in [1.54, 1.807) is 4.90 Å². The van der Waals surface area contributed by atoms with Crippen LogP contribution >= 0.6 is 11.6 Å². The van der Waals surface area contributed by atoms with Crippen LogP contribution in [0.2, 0.25) is 5.02 Å².